The summed E-state index contributed by atoms with van der Waals surface area (Å²) in [5, 5.41) is 16.2. The van der Waals surface area contributed by atoms with Gasteiger partial charge in [-0.3, -0.25) is 0 Å². The zero-order valence-electron chi connectivity index (χ0n) is 10.6. The fourth-order valence-corrected chi connectivity index (χ4v) is 2.02. The minimum atomic E-state index is -1.04. The lowest BCUT2D eigenvalue weighted by Gasteiger charge is -2.06. The van der Waals surface area contributed by atoms with E-state index in [4.69, 9.17) is 9.84 Å². The molecule has 1 aromatic heterocycles. The van der Waals surface area contributed by atoms with Crippen molar-refractivity contribution in [2.45, 2.75) is 13.3 Å². The number of carbonyl (C=O) groups is 2. The highest BCUT2D eigenvalue weighted by atomic mass is 32.1. The van der Waals surface area contributed by atoms with Crippen LogP contribution < -0.4 is 10.6 Å². The summed E-state index contributed by atoms with van der Waals surface area (Å²) in [6, 6.07) is -0.269. The Morgan fingerprint density at radius 3 is 2.79 bits per heavy atom. The molecule has 0 bridgehead atoms. The molecule has 7 nitrogen and oxygen atoms in total. The monoisotopic (exact) mass is 287 g/mol. The van der Waals surface area contributed by atoms with Crippen LogP contribution >= 0.6 is 11.3 Å². The van der Waals surface area contributed by atoms with E-state index in [0.717, 1.165) is 0 Å². The highest BCUT2D eigenvalue weighted by Crippen LogP contribution is 2.09. The number of carbonyl (C=O) groups excluding carboxylic acids is 1. The van der Waals surface area contributed by atoms with Gasteiger partial charge >= 0.3 is 12.0 Å². The molecule has 106 valence electrons. The van der Waals surface area contributed by atoms with Gasteiger partial charge < -0.3 is 20.5 Å². The number of aromatic nitrogens is 1. The van der Waals surface area contributed by atoms with Crippen LogP contribution in [0.25, 0.3) is 0 Å². The molecule has 8 heteroatoms. The Labute approximate surface area is 115 Å². The Hall–Kier alpha value is -1.67. The van der Waals surface area contributed by atoms with Crippen molar-refractivity contribution in [3.8, 4) is 0 Å². The lowest BCUT2D eigenvalue weighted by molar-refractivity contribution is 0.0691. The maximum absolute atomic E-state index is 11.3. The molecular weight excluding hydrogens is 270 g/mol. The number of ether oxygens (including phenoxy) is 1. The third-order valence-corrected chi connectivity index (χ3v) is 3.04. The van der Waals surface area contributed by atoms with E-state index in [1.54, 1.807) is 0 Å². The Kier molecular flexibility index (Phi) is 6.83. The van der Waals surface area contributed by atoms with E-state index in [2.05, 4.69) is 15.6 Å². The molecular formula is C11H17N3O4S. The first-order valence-electron chi connectivity index (χ1n) is 5.90. The average molecular weight is 287 g/mol. The molecule has 0 fully saturated rings. The first-order chi connectivity index (χ1) is 9.13. The van der Waals surface area contributed by atoms with E-state index in [1.807, 2.05) is 6.92 Å². The van der Waals surface area contributed by atoms with Crippen molar-refractivity contribution in [2.24, 2.45) is 0 Å². The number of aromatic carboxylic acids is 1. The van der Waals surface area contributed by atoms with Crippen molar-refractivity contribution in [3.63, 3.8) is 0 Å². The van der Waals surface area contributed by atoms with Crippen LogP contribution in [0.2, 0.25) is 0 Å². The van der Waals surface area contributed by atoms with Crippen LogP contribution in [0, 0.1) is 0 Å². The number of carboxylic acid groups (broad SMARTS) is 1. The van der Waals surface area contributed by atoms with Crippen molar-refractivity contribution < 1.29 is 19.4 Å². The summed E-state index contributed by atoms with van der Waals surface area (Å²) >= 11 is 1.27. The predicted molar refractivity (Wildman–Crippen MR) is 70.7 cm³/mol. The first kappa shape index (κ1) is 15.4. The first-order valence-corrected chi connectivity index (χ1v) is 6.78. The van der Waals surface area contributed by atoms with Gasteiger partial charge in [-0.1, -0.05) is 0 Å². The molecule has 1 heterocycles. The predicted octanol–water partition coefficient (Wildman–Crippen LogP) is 0.720. The lowest BCUT2D eigenvalue weighted by Crippen LogP contribution is -2.38. The van der Waals surface area contributed by atoms with Crippen molar-refractivity contribution in [2.75, 3.05) is 26.3 Å². The summed E-state index contributed by atoms with van der Waals surface area (Å²) in [5.74, 6) is -1.04. The molecule has 0 radical (unpaired) electrons. The van der Waals surface area contributed by atoms with Crippen LogP contribution in [-0.2, 0) is 11.2 Å². The summed E-state index contributed by atoms with van der Waals surface area (Å²) in [6.45, 7) is 3.87. The molecule has 1 aromatic rings. The second-order valence-electron chi connectivity index (χ2n) is 3.56. The number of urea groups is 1. The van der Waals surface area contributed by atoms with Gasteiger partial charge in [0.25, 0.3) is 0 Å². The number of rotatable bonds is 8. The fraction of sp³-hybridized carbons (Fsp3) is 0.545. The van der Waals surface area contributed by atoms with Crippen molar-refractivity contribution in [1.29, 1.82) is 0 Å². The van der Waals surface area contributed by atoms with Crippen molar-refractivity contribution in [3.05, 3.63) is 16.1 Å². The SMILES string of the molecule is CCOCCNC(=O)NCCc1nc(C(=O)O)cs1. The molecule has 0 saturated heterocycles. The second-order valence-corrected chi connectivity index (χ2v) is 4.50. The third-order valence-electron chi connectivity index (χ3n) is 2.13. The Balaban J connectivity index is 2.15. The van der Waals surface area contributed by atoms with E-state index in [1.165, 1.54) is 16.7 Å². The van der Waals surface area contributed by atoms with Gasteiger partial charge in [0.15, 0.2) is 5.69 Å². The van der Waals surface area contributed by atoms with Crippen molar-refractivity contribution in [1.82, 2.24) is 15.6 Å². The minimum Gasteiger partial charge on any atom is -0.476 e. The molecule has 0 spiro atoms. The van der Waals surface area contributed by atoms with Crippen LogP contribution in [0.5, 0.6) is 0 Å². The van der Waals surface area contributed by atoms with Crippen LogP contribution in [0.15, 0.2) is 5.38 Å². The molecule has 0 aromatic carbocycles. The topological polar surface area (TPSA) is 101 Å². The summed E-state index contributed by atoms with van der Waals surface area (Å²) in [5.41, 5.74) is 0.0427. The number of nitrogens with one attached hydrogen (secondary N) is 2. The number of hydrogen-bond donors (Lipinski definition) is 3. The second kappa shape index (κ2) is 8.44. The van der Waals surface area contributed by atoms with E-state index >= 15 is 0 Å². The number of carboxylic acids is 1. The quantitative estimate of drug-likeness (QED) is 0.612. The highest BCUT2D eigenvalue weighted by Gasteiger charge is 2.08. The van der Waals surface area contributed by atoms with Gasteiger partial charge in [-0.15, -0.1) is 11.3 Å². The van der Waals surface area contributed by atoms with Gasteiger partial charge in [-0.2, -0.15) is 0 Å². The van der Waals surface area contributed by atoms with Gasteiger partial charge in [0.2, 0.25) is 0 Å². The molecule has 19 heavy (non-hydrogen) atoms. The minimum absolute atomic E-state index is 0.0427. The zero-order valence-corrected chi connectivity index (χ0v) is 11.5. The van der Waals surface area contributed by atoms with Crippen LogP contribution in [0.3, 0.4) is 0 Å². The number of hydrogen-bond acceptors (Lipinski definition) is 5. The molecule has 0 saturated carbocycles. The summed E-state index contributed by atoms with van der Waals surface area (Å²) in [4.78, 5) is 25.9. The molecule has 0 unspecified atom stereocenters. The molecule has 1 rings (SSSR count). The number of nitrogens with zero attached hydrogens (tertiary/aromatic N) is 1. The van der Waals surface area contributed by atoms with Gasteiger partial charge in [0.05, 0.1) is 11.6 Å². The molecule has 2 amide bonds. The van der Waals surface area contributed by atoms with E-state index < -0.39 is 5.97 Å². The average Bonchev–Trinajstić information content (AvgIpc) is 2.84. The highest BCUT2D eigenvalue weighted by molar-refractivity contribution is 7.09. The summed E-state index contributed by atoms with van der Waals surface area (Å²) in [7, 11) is 0. The standard InChI is InChI=1S/C11H17N3O4S/c1-2-18-6-5-13-11(17)12-4-3-9-14-8(7-19-9)10(15)16/h7H,2-6H2,1H3,(H,15,16)(H2,12,13,17). The Bertz CT molecular complexity index is 422. The van der Waals surface area contributed by atoms with Crippen LogP contribution in [-0.4, -0.2) is 48.4 Å². The Morgan fingerprint density at radius 2 is 2.16 bits per heavy atom. The number of amides is 2. The van der Waals surface area contributed by atoms with E-state index in [9.17, 15) is 9.59 Å². The fourth-order valence-electron chi connectivity index (χ4n) is 1.25. The normalized spacial score (nSPS) is 10.2. The van der Waals surface area contributed by atoms with Gasteiger partial charge in [0.1, 0.15) is 0 Å². The van der Waals surface area contributed by atoms with E-state index in [-0.39, 0.29) is 11.7 Å². The smallest absolute Gasteiger partial charge is 0.355 e. The zero-order chi connectivity index (χ0) is 14.1. The lowest BCUT2D eigenvalue weighted by atomic mass is 10.4. The maximum atomic E-state index is 11.3. The molecule has 0 aliphatic rings. The summed E-state index contributed by atoms with van der Waals surface area (Å²) in [6.07, 6.45) is 0.511. The van der Waals surface area contributed by atoms with E-state index in [0.29, 0.717) is 37.7 Å². The van der Waals surface area contributed by atoms with Gasteiger partial charge in [-0.25, -0.2) is 14.6 Å². The maximum Gasteiger partial charge on any atom is 0.355 e. The molecule has 0 atom stereocenters. The Morgan fingerprint density at radius 1 is 1.42 bits per heavy atom. The van der Waals surface area contributed by atoms with Crippen molar-refractivity contribution >= 4 is 23.3 Å². The van der Waals surface area contributed by atoms with Crippen LogP contribution in [0.4, 0.5) is 4.79 Å². The molecule has 0 aliphatic carbocycles. The number of thiazole rings is 1. The summed E-state index contributed by atoms with van der Waals surface area (Å²) < 4.78 is 5.08. The largest absolute Gasteiger partial charge is 0.476 e. The molecule has 0 aliphatic heterocycles. The van der Waals surface area contributed by atoms with Gasteiger partial charge in [0, 0.05) is 31.5 Å². The van der Waals surface area contributed by atoms with Gasteiger partial charge in [-0.05, 0) is 6.92 Å². The third kappa shape index (κ3) is 6.16. The van der Waals surface area contributed by atoms with Crippen LogP contribution in [0.1, 0.15) is 22.4 Å². The molecule has 3 N–H and O–H groups in total.